The van der Waals surface area contributed by atoms with Crippen molar-refractivity contribution in [2.45, 2.75) is 51.6 Å². The summed E-state index contributed by atoms with van der Waals surface area (Å²) in [5, 5.41) is 8.17. The molecular weight excluding hydrogens is 532 g/mol. The molecule has 2 amide bonds. The van der Waals surface area contributed by atoms with E-state index in [1.807, 2.05) is 57.2 Å². The Labute approximate surface area is 240 Å². The predicted molar refractivity (Wildman–Crippen MR) is 154 cm³/mol. The molecular formula is C30H37ClN4O5. The molecule has 9 nitrogen and oxygen atoms in total. The first kappa shape index (κ1) is 29.3. The molecule has 0 aliphatic carbocycles. The van der Waals surface area contributed by atoms with Gasteiger partial charge in [-0.05, 0) is 69.9 Å². The minimum Gasteiger partial charge on any atom is -0.493 e. The van der Waals surface area contributed by atoms with Gasteiger partial charge in [0.15, 0.2) is 11.5 Å². The zero-order valence-electron chi connectivity index (χ0n) is 23.7. The topological polar surface area (TPSA) is 94.9 Å². The number of rotatable bonds is 8. The van der Waals surface area contributed by atoms with Crippen LogP contribution in [0.2, 0.25) is 5.02 Å². The van der Waals surface area contributed by atoms with Crippen LogP contribution in [0, 0.1) is 0 Å². The highest BCUT2D eigenvalue weighted by molar-refractivity contribution is 6.32. The van der Waals surface area contributed by atoms with Gasteiger partial charge >= 0.3 is 6.09 Å². The molecule has 0 radical (unpaired) electrons. The SMILES string of the molecule is COc1ccc(CCNC(=O)c2cnn(-c3ccccc3Cl)c2C2CCN(C(=O)OC(C)(C)C)CC2)cc1OC. The molecule has 0 saturated carbocycles. The highest BCUT2D eigenvalue weighted by atomic mass is 35.5. The van der Waals surface area contributed by atoms with E-state index in [4.69, 9.17) is 25.8 Å². The lowest BCUT2D eigenvalue weighted by molar-refractivity contribution is 0.0203. The van der Waals surface area contributed by atoms with Crippen molar-refractivity contribution in [3.63, 3.8) is 0 Å². The maximum atomic E-state index is 13.5. The lowest BCUT2D eigenvalue weighted by Gasteiger charge is -2.34. The van der Waals surface area contributed by atoms with Crippen LogP contribution < -0.4 is 14.8 Å². The maximum absolute atomic E-state index is 13.5. The first-order chi connectivity index (χ1) is 19.1. The third-order valence-electron chi connectivity index (χ3n) is 6.81. The number of hydrogen-bond donors (Lipinski definition) is 1. The Hall–Kier alpha value is -3.72. The van der Waals surface area contributed by atoms with Gasteiger partial charge in [-0.3, -0.25) is 4.79 Å². The van der Waals surface area contributed by atoms with Crippen molar-refractivity contribution in [2.24, 2.45) is 0 Å². The summed E-state index contributed by atoms with van der Waals surface area (Å²) in [6, 6.07) is 13.1. The number of ether oxygens (including phenoxy) is 3. The fourth-order valence-corrected chi connectivity index (χ4v) is 5.07. The molecule has 0 atom stereocenters. The van der Waals surface area contributed by atoms with Crippen LogP contribution in [-0.2, 0) is 11.2 Å². The van der Waals surface area contributed by atoms with Gasteiger partial charge < -0.3 is 24.4 Å². The zero-order valence-corrected chi connectivity index (χ0v) is 24.5. The minimum atomic E-state index is -0.557. The van der Waals surface area contributed by atoms with E-state index in [0.717, 1.165) is 11.3 Å². The summed E-state index contributed by atoms with van der Waals surface area (Å²) in [4.78, 5) is 27.8. The predicted octanol–water partition coefficient (Wildman–Crippen LogP) is 5.63. The molecule has 2 aromatic carbocycles. The molecule has 3 aromatic rings. The summed E-state index contributed by atoms with van der Waals surface area (Å²) in [6.07, 6.45) is 3.24. The molecule has 1 N–H and O–H groups in total. The molecule has 0 bridgehead atoms. The highest BCUT2D eigenvalue weighted by Crippen LogP contribution is 2.34. The number of nitrogens with zero attached hydrogens (tertiary/aromatic N) is 3. The number of carbonyl (C=O) groups excluding carboxylic acids is 2. The lowest BCUT2D eigenvalue weighted by atomic mass is 9.91. The van der Waals surface area contributed by atoms with Crippen LogP contribution >= 0.6 is 11.6 Å². The summed E-state index contributed by atoms with van der Waals surface area (Å²) < 4.78 is 18.0. The Kier molecular flexibility index (Phi) is 9.25. The molecule has 1 saturated heterocycles. The van der Waals surface area contributed by atoms with Crippen LogP contribution in [0.5, 0.6) is 11.5 Å². The van der Waals surface area contributed by atoms with Crippen LogP contribution in [0.3, 0.4) is 0 Å². The average Bonchev–Trinajstić information content (AvgIpc) is 3.37. The number of halogens is 1. The quantitative estimate of drug-likeness (QED) is 0.378. The van der Waals surface area contributed by atoms with Crippen molar-refractivity contribution in [1.82, 2.24) is 20.0 Å². The van der Waals surface area contributed by atoms with E-state index in [1.54, 1.807) is 36.1 Å². The van der Waals surface area contributed by atoms with Crippen molar-refractivity contribution in [3.05, 3.63) is 70.5 Å². The number of likely N-dealkylation sites (tertiary alicyclic amines) is 1. The van der Waals surface area contributed by atoms with E-state index in [-0.39, 0.29) is 17.9 Å². The fourth-order valence-electron chi connectivity index (χ4n) is 4.85. The van der Waals surface area contributed by atoms with Gasteiger partial charge in [-0.1, -0.05) is 29.8 Å². The lowest BCUT2D eigenvalue weighted by Crippen LogP contribution is -2.41. The second-order valence-corrected chi connectivity index (χ2v) is 11.2. The third-order valence-corrected chi connectivity index (χ3v) is 7.13. The molecule has 0 unspecified atom stereocenters. The summed E-state index contributed by atoms with van der Waals surface area (Å²) in [5.74, 6) is 1.10. The molecule has 4 rings (SSSR count). The molecule has 1 fully saturated rings. The van der Waals surface area contributed by atoms with Gasteiger partial charge in [0, 0.05) is 25.6 Å². The van der Waals surface area contributed by atoms with E-state index in [9.17, 15) is 9.59 Å². The van der Waals surface area contributed by atoms with E-state index in [1.165, 1.54) is 0 Å². The number of para-hydroxylation sites is 1. The number of nitrogens with one attached hydrogen (secondary N) is 1. The van der Waals surface area contributed by atoms with E-state index >= 15 is 0 Å². The number of methoxy groups -OCH3 is 2. The smallest absolute Gasteiger partial charge is 0.410 e. The van der Waals surface area contributed by atoms with Gasteiger partial charge in [-0.25, -0.2) is 9.48 Å². The maximum Gasteiger partial charge on any atom is 0.410 e. The van der Waals surface area contributed by atoms with Gasteiger partial charge in [0.2, 0.25) is 0 Å². The van der Waals surface area contributed by atoms with Crippen LogP contribution in [0.25, 0.3) is 5.69 Å². The number of hydrogen-bond acceptors (Lipinski definition) is 6. The number of benzene rings is 2. The summed E-state index contributed by atoms with van der Waals surface area (Å²) in [5.41, 5.74) is 2.46. The van der Waals surface area contributed by atoms with Crippen LogP contribution in [-0.4, -0.2) is 66.1 Å². The molecule has 40 heavy (non-hydrogen) atoms. The Morgan fingerprint density at radius 3 is 2.40 bits per heavy atom. The molecule has 0 spiro atoms. The van der Waals surface area contributed by atoms with Gasteiger partial charge in [0.25, 0.3) is 5.91 Å². The summed E-state index contributed by atoms with van der Waals surface area (Å²) in [7, 11) is 3.19. The highest BCUT2D eigenvalue weighted by Gasteiger charge is 2.32. The Balaban J connectivity index is 1.52. The van der Waals surface area contributed by atoms with E-state index in [0.29, 0.717) is 66.7 Å². The Morgan fingerprint density at radius 2 is 1.75 bits per heavy atom. The number of carbonyl (C=O) groups is 2. The number of amides is 2. The first-order valence-electron chi connectivity index (χ1n) is 13.4. The molecule has 1 aliphatic rings. The van der Waals surface area contributed by atoms with E-state index < -0.39 is 5.60 Å². The molecule has 1 aliphatic heterocycles. The second kappa shape index (κ2) is 12.6. The molecule has 2 heterocycles. The van der Waals surface area contributed by atoms with Gasteiger partial charge in [0.1, 0.15) is 5.60 Å². The van der Waals surface area contributed by atoms with Crippen molar-refractivity contribution < 1.29 is 23.8 Å². The first-order valence-corrected chi connectivity index (χ1v) is 13.8. The monoisotopic (exact) mass is 568 g/mol. The van der Waals surface area contributed by atoms with Gasteiger partial charge in [-0.15, -0.1) is 0 Å². The second-order valence-electron chi connectivity index (χ2n) is 10.7. The molecule has 214 valence electrons. The normalized spacial score (nSPS) is 14.1. The Morgan fingerprint density at radius 1 is 1.05 bits per heavy atom. The average molecular weight is 569 g/mol. The van der Waals surface area contributed by atoms with E-state index in [2.05, 4.69) is 10.4 Å². The standard InChI is InChI=1S/C30H37ClN4O5/c1-30(2,3)40-29(37)34-16-13-21(14-17-34)27-22(19-33-35(27)24-9-7-6-8-23(24)31)28(36)32-15-12-20-10-11-25(38-4)26(18-20)39-5/h6-11,18-19,21H,12-17H2,1-5H3,(H,32,36). The zero-order chi connectivity index (χ0) is 28.9. The molecule has 1 aromatic heterocycles. The van der Waals surface area contributed by atoms with Crippen molar-refractivity contribution in [3.8, 4) is 17.2 Å². The van der Waals surface area contributed by atoms with Gasteiger partial charge in [-0.2, -0.15) is 5.10 Å². The van der Waals surface area contributed by atoms with Crippen molar-refractivity contribution in [2.75, 3.05) is 33.9 Å². The molecule has 10 heteroatoms. The van der Waals surface area contributed by atoms with Gasteiger partial charge in [0.05, 0.1) is 42.4 Å². The van der Waals surface area contributed by atoms with Crippen molar-refractivity contribution in [1.29, 1.82) is 0 Å². The Bertz CT molecular complexity index is 1340. The van der Waals surface area contributed by atoms with Crippen LogP contribution in [0.15, 0.2) is 48.7 Å². The largest absolute Gasteiger partial charge is 0.493 e. The summed E-state index contributed by atoms with van der Waals surface area (Å²) in [6.45, 7) is 7.05. The van der Waals surface area contributed by atoms with Crippen LogP contribution in [0.4, 0.5) is 4.79 Å². The third kappa shape index (κ3) is 6.88. The van der Waals surface area contributed by atoms with Crippen molar-refractivity contribution >= 4 is 23.6 Å². The van der Waals surface area contributed by atoms with Crippen LogP contribution in [0.1, 0.15) is 61.1 Å². The number of piperidine rings is 1. The fraction of sp³-hybridized carbons (Fsp3) is 0.433. The summed E-state index contributed by atoms with van der Waals surface area (Å²) >= 11 is 6.53. The minimum absolute atomic E-state index is 0.00376. The number of aromatic nitrogens is 2.